The van der Waals surface area contributed by atoms with Gasteiger partial charge in [-0.2, -0.15) is 5.26 Å². The molecular formula is C19H19N5O. The molecule has 25 heavy (non-hydrogen) atoms. The lowest BCUT2D eigenvalue weighted by Gasteiger charge is -2.28. The largest absolute Gasteiger partial charge is 0.383 e. The molecule has 2 aliphatic rings. The van der Waals surface area contributed by atoms with E-state index < -0.39 is 0 Å². The van der Waals surface area contributed by atoms with Gasteiger partial charge >= 0.3 is 0 Å². The van der Waals surface area contributed by atoms with Crippen molar-refractivity contribution in [2.24, 2.45) is 5.92 Å². The van der Waals surface area contributed by atoms with Crippen molar-refractivity contribution in [2.45, 2.75) is 31.3 Å². The number of anilines is 1. The smallest absolute Gasteiger partial charge is 0.223 e. The lowest BCUT2D eigenvalue weighted by molar-refractivity contribution is -0.129. The third kappa shape index (κ3) is 3.18. The summed E-state index contributed by atoms with van der Waals surface area (Å²) in [5.41, 5.74) is 2.36. The van der Waals surface area contributed by atoms with Gasteiger partial charge in [0.05, 0.1) is 17.9 Å². The number of likely N-dealkylation sites (tertiary alicyclic amines) is 1. The zero-order valence-corrected chi connectivity index (χ0v) is 13.8. The van der Waals surface area contributed by atoms with Crippen molar-refractivity contribution < 1.29 is 4.79 Å². The lowest BCUT2D eigenvalue weighted by Crippen LogP contribution is -2.32. The highest BCUT2D eigenvalue weighted by Crippen LogP contribution is 2.44. The van der Waals surface area contributed by atoms with Crippen LogP contribution in [0.4, 0.5) is 5.69 Å². The predicted molar refractivity (Wildman–Crippen MR) is 92.4 cm³/mol. The van der Waals surface area contributed by atoms with Crippen molar-refractivity contribution in [3.8, 4) is 6.07 Å². The van der Waals surface area contributed by atoms with Crippen LogP contribution in [0.5, 0.6) is 0 Å². The summed E-state index contributed by atoms with van der Waals surface area (Å²) in [6.45, 7) is 0.683. The van der Waals surface area contributed by atoms with Crippen LogP contribution in [-0.4, -0.2) is 33.4 Å². The minimum absolute atomic E-state index is 0.0764. The molecule has 0 bridgehead atoms. The second-order valence-corrected chi connectivity index (χ2v) is 6.65. The van der Waals surface area contributed by atoms with Crippen LogP contribution >= 0.6 is 0 Å². The van der Waals surface area contributed by atoms with E-state index in [1.165, 1.54) is 0 Å². The summed E-state index contributed by atoms with van der Waals surface area (Å²) >= 11 is 0. The lowest BCUT2D eigenvalue weighted by atomic mass is 9.94. The second kappa shape index (κ2) is 6.52. The molecule has 6 heteroatoms. The van der Waals surface area contributed by atoms with Gasteiger partial charge in [-0.05, 0) is 36.6 Å². The quantitative estimate of drug-likeness (QED) is 0.909. The van der Waals surface area contributed by atoms with Gasteiger partial charge in [0.25, 0.3) is 0 Å². The van der Waals surface area contributed by atoms with Crippen molar-refractivity contribution in [2.75, 3.05) is 11.9 Å². The maximum atomic E-state index is 12.6. The van der Waals surface area contributed by atoms with E-state index in [1.54, 1.807) is 18.5 Å². The van der Waals surface area contributed by atoms with Gasteiger partial charge < -0.3 is 10.2 Å². The van der Waals surface area contributed by atoms with Gasteiger partial charge in [0.15, 0.2) is 0 Å². The molecule has 1 aliphatic carbocycles. The number of nitrogens with one attached hydrogen (secondary N) is 1. The summed E-state index contributed by atoms with van der Waals surface area (Å²) in [4.78, 5) is 23.0. The average molecular weight is 333 g/mol. The van der Waals surface area contributed by atoms with Crippen LogP contribution in [0.1, 0.15) is 36.6 Å². The third-order valence-corrected chi connectivity index (χ3v) is 4.88. The van der Waals surface area contributed by atoms with E-state index >= 15 is 0 Å². The molecule has 1 saturated carbocycles. The molecule has 1 saturated heterocycles. The Morgan fingerprint density at radius 2 is 2.16 bits per heavy atom. The molecule has 2 atom stereocenters. The molecular weight excluding hydrogens is 314 g/mol. The van der Waals surface area contributed by atoms with Gasteiger partial charge in [-0.25, -0.2) is 4.98 Å². The predicted octanol–water partition coefficient (Wildman–Crippen LogP) is 2.51. The van der Waals surface area contributed by atoms with Gasteiger partial charge in [0, 0.05) is 37.3 Å². The fraction of sp³-hybridized carbons (Fsp3) is 0.368. The fourth-order valence-electron chi connectivity index (χ4n) is 3.59. The highest BCUT2D eigenvalue weighted by Gasteiger charge is 2.47. The number of hydrogen-bond acceptors (Lipinski definition) is 5. The highest BCUT2D eigenvalue weighted by molar-refractivity contribution is 5.80. The molecule has 0 spiro atoms. The number of carbonyl (C=O) groups is 1. The summed E-state index contributed by atoms with van der Waals surface area (Å²) in [5, 5.41) is 12.2. The molecule has 0 radical (unpaired) electrons. The Hall–Kier alpha value is -2.94. The minimum atomic E-state index is 0.0764. The average Bonchev–Trinajstić information content (AvgIpc) is 3.44. The van der Waals surface area contributed by atoms with Crippen molar-refractivity contribution in [3.63, 3.8) is 0 Å². The number of amides is 1. The molecule has 2 aromatic rings. The van der Waals surface area contributed by atoms with Gasteiger partial charge in [0.1, 0.15) is 11.8 Å². The van der Waals surface area contributed by atoms with Gasteiger partial charge in [-0.3, -0.25) is 9.78 Å². The first kappa shape index (κ1) is 15.6. The first-order chi connectivity index (χ1) is 12.3. The number of nitrogens with zero attached hydrogens (tertiary/aromatic N) is 4. The Balaban J connectivity index is 1.52. The highest BCUT2D eigenvalue weighted by atomic mass is 16.2. The van der Waals surface area contributed by atoms with Crippen LogP contribution in [0.15, 0.2) is 42.9 Å². The van der Waals surface area contributed by atoms with Gasteiger partial charge in [-0.15, -0.1) is 0 Å². The molecule has 1 N–H and O–H groups in total. The standard InChI is InChI=1S/C19H19N5O/c20-9-15-3-4-16(12-23-15)22-11-14-8-18(25)24(17-5-6-17)19(14)13-2-1-7-21-10-13/h1-4,7,10,12,14,17,19,22H,5-6,8,11H2/t14-,19-/m0/s1. The van der Waals surface area contributed by atoms with Crippen LogP contribution in [0.3, 0.4) is 0 Å². The van der Waals surface area contributed by atoms with E-state index in [9.17, 15) is 4.79 Å². The zero-order valence-electron chi connectivity index (χ0n) is 13.8. The number of nitriles is 1. The second-order valence-electron chi connectivity index (χ2n) is 6.65. The number of pyridine rings is 2. The molecule has 0 unspecified atom stereocenters. The molecule has 3 heterocycles. The van der Waals surface area contributed by atoms with Crippen LogP contribution in [0, 0.1) is 17.2 Å². The molecule has 2 fully saturated rings. The SMILES string of the molecule is N#Cc1ccc(NC[C@@H]2CC(=O)N(C3CC3)[C@H]2c2cccnc2)cn1. The maximum Gasteiger partial charge on any atom is 0.223 e. The normalized spacial score (nSPS) is 22.7. The molecule has 4 rings (SSSR count). The zero-order chi connectivity index (χ0) is 17.2. The summed E-state index contributed by atoms with van der Waals surface area (Å²) < 4.78 is 0. The van der Waals surface area contributed by atoms with E-state index in [2.05, 4.69) is 26.3 Å². The first-order valence-electron chi connectivity index (χ1n) is 8.57. The molecule has 6 nitrogen and oxygen atoms in total. The van der Waals surface area contributed by atoms with Crippen LogP contribution in [0.2, 0.25) is 0 Å². The Morgan fingerprint density at radius 3 is 2.80 bits per heavy atom. The maximum absolute atomic E-state index is 12.6. The summed E-state index contributed by atoms with van der Waals surface area (Å²) in [6, 6.07) is 10.0. The van der Waals surface area contributed by atoms with E-state index in [0.29, 0.717) is 24.7 Å². The fourth-order valence-corrected chi connectivity index (χ4v) is 3.59. The molecule has 0 aromatic carbocycles. The molecule has 1 amide bonds. The van der Waals surface area contributed by atoms with Crippen molar-refractivity contribution in [3.05, 3.63) is 54.1 Å². The van der Waals surface area contributed by atoms with Gasteiger partial charge in [-0.1, -0.05) is 6.07 Å². The minimum Gasteiger partial charge on any atom is -0.383 e. The van der Waals surface area contributed by atoms with Crippen molar-refractivity contribution in [1.29, 1.82) is 5.26 Å². The number of carbonyl (C=O) groups excluding carboxylic acids is 1. The van der Waals surface area contributed by atoms with Gasteiger partial charge in [0.2, 0.25) is 5.91 Å². The van der Waals surface area contributed by atoms with Crippen molar-refractivity contribution in [1.82, 2.24) is 14.9 Å². The Morgan fingerprint density at radius 1 is 1.28 bits per heavy atom. The Kier molecular flexibility index (Phi) is 4.06. The number of aromatic nitrogens is 2. The Bertz CT molecular complexity index is 795. The van der Waals surface area contributed by atoms with E-state index in [0.717, 1.165) is 24.1 Å². The van der Waals surface area contributed by atoms with Crippen molar-refractivity contribution >= 4 is 11.6 Å². The first-order valence-corrected chi connectivity index (χ1v) is 8.57. The van der Waals surface area contributed by atoms with Crippen LogP contribution < -0.4 is 5.32 Å². The third-order valence-electron chi connectivity index (χ3n) is 4.88. The topological polar surface area (TPSA) is 81.9 Å². The summed E-state index contributed by atoms with van der Waals surface area (Å²) in [6.07, 6.45) is 8.04. The summed E-state index contributed by atoms with van der Waals surface area (Å²) in [7, 11) is 0. The molecule has 126 valence electrons. The monoisotopic (exact) mass is 333 g/mol. The van der Waals surface area contributed by atoms with E-state index in [1.807, 2.05) is 24.4 Å². The molecule has 1 aliphatic heterocycles. The van der Waals surface area contributed by atoms with Crippen LogP contribution in [-0.2, 0) is 4.79 Å². The van der Waals surface area contributed by atoms with E-state index in [-0.39, 0.29) is 17.9 Å². The molecule has 2 aromatic heterocycles. The van der Waals surface area contributed by atoms with E-state index in [4.69, 9.17) is 5.26 Å². The summed E-state index contributed by atoms with van der Waals surface area (Å²) in [5.74, 6) is 0.425. The number of rotatable bonds is 5. The number of hydrogen-bond donors (Lipinski definition) is 1. The Labute approximate surface area is 146 Å². The van der Waals surface area contributed by atoms with Crippen LogP contribution in [0.25, 0.3) is 0 Å².